The van der Waals surface area contributed by atoms with Crippen molar-refractivity contribution in [3.8, 4) is 22.7 Å². The van der Waals surface area contributed by atoms with E-state index in [4.69, 9.17) is 4.74 Å². The zero-order valence-corrected chi connectivity index (χ0v) is 18.8. The van der Waals surface area contributed by atoms with E-state index in [0.29, 0.717) is 12.0 Å². The molecular weight excluding hydrogens is 404 g/mol. The Morgan fingerprint density at radius 2 is 2.00 bits per heavy atom. The molecule has 0 radical (unpaired) electrons. The van der Waals surface area contributed by atoms with E-state index in [1.165, 1.54) is 25.7 Å². The number of nitrogens with zero attached hydrogens (tertiary/aromatic N) is 6. The molecule has 0 spiro atoms. The maximum atomic E-state index is 13.1. The van der Waals surface area contributed by atoms with E-state index in [9.17, 15) is 4.79 Å². The highest BCUT2D eigenvalue weighted by atomic mass is 16.5. The summed E-state index contributed by atoms with van der Waals surface area (Å²) >= 11 is 0. The van der Waals surface area contributed by atoms with E-state index in [1.807, 2.05) is 42.1 Å². The summed E-state index contributed by atoms with van der Waals surface area (Å²) in [5.41, 5.74) is 3.47. The molecule has 2 unspecified atom stereocenters. The maximum Gasteiger partial charge on any atom is 0.244 e. The lowest BCUT2D eigenvalue weighted by atomic mass is 9.78. The van der Waals surface area contributed by atoms with Crippen molar-refractivity contribution in [1.82, 2.24) is 29.4 Å². The summed E-state index contributed by atoms with van der Waals surface area (Å²) in [6.07, 6.45) is 12.9. The van der Waals surface area contributed by atoms with Gasteiger partial charge in [-0.3, -0.25) is 4.79 Å². The molecule has 2 atom stereocenters. The first-order valence-electron chi connectivity index (χ1n) is 11.5. The number of piperidine rings is 1. The van der Waals surface area contributed by atoms with Gasteiger partial charge in [-0.05, 0) is 50.7 Å². The minimum Gasteiger partial charge on any atom is -0.495 e. The van der Waals surface area contributed by atoms with Crippen LogP contribution in [0.5, 0.6) is 5.75 Å². The largest absolute Gasteiger partial charge is 0.495 e. The zero-order chi connectivity index (χ0) is 22.1. The van der Waals surface area contributed by atoms with E-state index in [2.05, 4.69) is 20.2 Å². The van der Waals surface area contributed by atoms with Crippen LogP contribution in [-0.2, 0) is 11.3 Å². The molecule has 1 saturated carbocycles. The summed E-state index contributed by atoms with van der Waals surface area (Å²) in [5.74, 6) is 1.56. The van der Waals surface area contributed by atoms with E-state index in [-0.39, 0.29) is 12.5 Å². The van der Waals surface area contributed by atoms with Crippen LogP contribution in [0.25, 0.3) is 16.9 Å². The van der Waals surface area contributed by atoms with Gasteiger partial charge < -0.3 is 14.2 Å². The summed E-state index contributed by atoms with van der Waals surface area (Å²) in [5, 5.41) is 8.55. The number of aryl methyl sites for hydroxylation is 1. The quantitative estimate of drug-likeness (QED) is 0.613. The molecule has 0 bridgehead atoms. The van der Waals surface area contributed by atoms with Gasteiger partial charge in [-0.15, -0.1) is 5.10 Å². The fraction of sp³-hybridized carbons (Fsp3) is 0.500. The number of ether oxygens (including phenoxy) is 1. The summed E-state index contributed by atoms with van der Waals surface area (Å²) < 4.78 is 9.20. The third-order valence-corrected chi connectivity index (χ3v) is 6.86. The molecule has 168 valence electrons. The van der Waals surface area contributed by atoms with Crippen molar-refractivity contribution in [2.45, 2.75) is 58.0 Å². The molecule has 1 aromatic carbocycles. The minimum atomic E-state index is 0.154. The van der Waals surface area contributed by atoms with Crippen LogP contribution in [0.3, 0.4) is 0 Å². The maximum absolute atomic E-state index is 13.1. The van der Waals surface area contributed by atoms with Crippen molar-refractivity contribution in [2.75, 3.05) is 13.7 Å². The highest BCUT2D eigenvalue weighted by Crippen LogP contribution is 2.35. The third kappa shape index (κ3) is 4.01. The predicted molar refractivity (Wildman–Crippen MR) is 121 cm³/mol. The Labute approximate surface area is 188 Å². The van der Waals surface area contributed by atoms with Crippen LogP contribution < -0.4 is 4.74 Å². The number of aromatic nitrogens is 5. The second-order valence-corrected chi connectivity index (χ2v) is 8.95. The summed E-state index contributed by atoms with van der Waals surface area (Å²) in [6, 6.07) is 6.33. The molecule has 1 aliphatic heterocycles. The zero-order valence-electron chi connectivity index (χ0n) is 18.8. The number of hydrogen-bond donors (Lipinski definition) is 0. The number of hydrogen-bond acceptors (Lipinski definition) is 5. The third-order valence-electron chi connectivity index (χ3n) is 6.86. The highest BCUT2D eigenvalue weighted by Gasteiger charge is 2.35. The van der Waals surface area contributed by atoms with Crippen molar-refractivity contribution in [2.24, 2.45) is 5.92 Å². The minimum absolute atomic E-state index is 0.154. The highest BCUT2D eigenvalue weighted by molar-refractivity contribution is 5.76. The molecule has 8 heteroatoms. The predicted octanol–water partition coefficient (Wildman–Crippen LogP) is 3.63. The standard InChI is InChI=1S/C24H30N6O2/c1-17-13-28(16-25-17)22-10-9-19(12-23(22)32-2)20-14-29(27-26-20)15-24(31)30-11-5-7-18-6-3-4-8-21(18)30/h9-10,12-14,16,18,21H,3-8,11,15H2,1-2H3. The number of carbonyl (C=O) groups is 1. The first-order chi connectivity index (χ1) is 15.6. The van der Waals surface area contributed by atoms with E-state index in [1.54, 1.807) is 18.1 Å². The average Bonchev–Trinajstić information content (AvgIpc) is 3.47. The smallest absolute Gasteiger partial charge is 0.244 e. The van der Waals surface area contributed by atoms with Crippen LogP contribution in [0.2, 0.25) is 0 Å². The van der Waals surface area contributed by atoms with E-state index >= 15 is 0 Å². The van der Waals surface area contributed by atoms with Gasteiger partial charge in [0.2, 0.25) is 5.91 Å². The Kier molecular flexibility index (Phi) is 5.68. The molecule has 3 aromatic rings. The molecule has 1 amide bonds. The van der Waals surface area contributed by atoms with Gasteiger partial charge in [-0.25, -0.2) is 9.67 Å². The van der Waals surface area contributed by atoms with Crippen LogP contribution in [0.15, 0.2) is 36.9 Å². The molecule has 2 aliphatic rings. The first-order valence-corrected chi connectivity index (χ1v) is 11.5. The number of likely N-dealkylation sites (tertiary alicyclic amines) is 1. The second-order valence-electron chi connectivity index (χ2n) is 8.95. The monoisotopic (exact) mass is 434 g/mol. The van der Waals surface area contributed by atoms with Crippen molar-refractivity contribution < 1.29 is 9.53 Å². The summed E-state index contributed by atoms with van der Waals surface area (Å²) in [7, 11) is 1.65. The molecule has 2 aromatic heterocycles. The fourth-order valence-electron chi connectivity index (χ4n) is 5.28. The number of amides is 1. The Morgan fingerprint density at radius 3 is 2.81 bits per heavy atom. The molecule has 1 aliphatic carbocycles. The lowest BCUT2D eigenvalue weighted by molar-refractivity contribution is -0.138. The van der Waals surface area contributed by atoms with Gasteiger partial charge in [0, 0.05) is 24.3 Å². The van der Waals surface area contributed by atoms with Gasteiger partial charge in [-0.1, -0.05) is 24.1 Å². The number of benzene rings is 1. The van der Waals surface area contributed by atoms with Gasteiger partial charge in [-0.2, -0.15) is 0 Å². The lowest BCUT2D eigenvalue weighted by Gasteiger charge is -2.44. The SMILES string of the molecule is COc1cc(-c2cn(CC(=O)N3CCCC4CCCCC43)nn2)ccc1-n1cnc(C)c1. The number of imidazole rings is 1. The van der Waals surface area contributed by atoms with Crippen LogP contribution in [0.1, 0.15) is 44.2 Å². The molecule has 1 saturated heterocycles. The second kappa shape index (κ2) is 8.76. The Morgan fingerprint density at radius 1 is 1.16 bits per heavy atom. The van der Waals surface area contributed by atoms with Crippen LogP contribution >= 0.6 is 0 Å². The fourth-order valence-corrected chi connectivity index (χ4v) is 5.28. The topological polar surface area (TPSA) is 78.1 Å². The molecule has 3 heterocycles. The van der Waals surface area contributed by atoms with Gasteiger partial charge in [0.15, 0.2) is 0 Å². The van der Waals surface area contributed by atoms with Crippen LogP contribution in [0, 0.1) is 12.8 Å². The molecule has 32 heavy (non-hydrogen) atoms. The van der Waals surface area contributed by atoms with Crippen LogP contribution in [-0.4, -0.2) is 55.0 Å². The Bertz CT molecular complexity index is 1100. The van der Waals surface area contributed by atoms with Crippen molar-refractivity contribution in [3.63, 3.8) is 0 Å². The Hall–Kier alpha value is -3.16. The van der Waals surface area contributed by atoms with Crippen molar-refractivity contribution in [3.05, 3.63) is 42.6 Å². The van der Waals surface area contributed by atoms with Gasteiger partial charge in [0.25, 0.3) is 0 Å². The molecule has 0 N–H and O–H groups in total. The van der Waals surface area contributed by atoms with Crippen LogP contribution in [0.4, 0.5) is 0 Å². The van der Waals surface area contributed by atoms with Gasteiger partial charge in [0.05, 0.1) is 31.0 Å². The number of methoxy groups -OCH3 is 1. The summed E-state index contributed by atoms with van der Waals surface area (Å²) in [4.78, 5) is 19.5. The molecular formula is C24H30N6O2. The number of fused-ring (bicyclic) bond motifs is 1. The normalized spacial score (nSPS) is 20.8. The van der Waals surface area contributed by atoms with Crippen molar-refractivity contribution in [1.29, 1.82) is 0 Å². The van der Waals surface area contributed by atoms with E-state index < -0.39 is 0 Å². The summed E-state index contributed by atoms with van der Waals surface area (Å²) in [6.45, 7) is 3.06. The van der Waals surface area contributed by atoms with Crippen molar-refractivity contribution >= 4 is 5.91 Å². The van der Waals surface area contributed by atoms with E-state index in [0.717, 1.165) is 47.8 Å². The van der Waals surface area contributed by atoms with Gasteiger partial charge in [0.1, 0.15) is 18.0 Å². The number of carbonyl (C=O) groups excluding carboxylic acids is 1. The van der Waals surface area contributed by atoms with Gasteiger partial charge >= 0.3 is 0 Å². The lowest BCUT2D eigenvalue weighted by Crippen LogP contribution is -2.50. The molecule has 2 fully saturated rings. The molecule has 5 rings (SSSR count). The average molecular weight is 435 g/mol. The molecule has 8 nitrogen and oxygen atoms in total. The number of rotatable bonds is 5. The Balaban J connectivity index is 1.32. The first kappa shape index (κ1) is 20.7.